The number of aromatic nitrogens is 2. The third kappa shape index (κ3) is 2.93. The number of hydrogen-bond donors (Lipinski definition) is 1. The number of rotatable bonds is 4. The summed E-state index contributed by atoms with van der Waals surface area (Å²) in [4.78, 5) is 20.7. The molecule has 1 N–H and O–H groups in total. The van der Waals surface area contributed by atoms with Gasteiger partial charge in [-0.15, -0.1) is 0 Å². The zero-order chi connectivity index (χ0) is 14.9. The van der Waals surface area contributed by atoms with Crippen LogP contribution in [0.5, 0.6) is 0 Å². The van der Waals surface area contributed by atoms with Gasteiger partial charge in [0.25, 0.3) is 5.91 Å². The Morgan fingerprint density at radius 3 is 2.57 bits per heavy atom. The minimum atomic E-state index is -0.207. The third-order valence-electron chi connectivity index (χ3n) is 3.75. The predicted octanol–water partition coefficient (Wildman–Crippen LogP) is 2.93. The lowest BCUT2D eigenvalue weighted by molar-refractivity contribution is 0.0930. The van der Waals surface area contributed by atoms with Crippen molar-refractivity contribution < 1.29 is 4.79 Å². The highest BCUT2D eigenvalue weighted by molar-refractivity contribution is 7.98. The van der Waals surface area contributed by atoms with Crippen LogP contribution in [0.2, 0.25) is 0 Å². The second-order valence-electron chi connectivity index (χ2n) is 5.36. The molecule has 21 heavy (non-hydrogen) atoms. The molecule has 0 aliphatic heterocycles. The van der Waals surface area contributed by atoms with Crippen molar-refractivity contribution in [2.75, 3.05) is 6.26 Å². The van der Waals surface area contributed by atoms with E-state index in [0.29, 0.717) is 10.7 Å². The number of benzene rings is 1. The molecule has 0 spiro atoms. The van der Waals surface area contributed by atoms with E-state index < -0.39 is 0 Å². The Hall–Kier alpha value is -1.88. The highest BCUT2D eigenvalue weighted by Crippen LogP contribution is 2.45. The van der Waals surface area contributed by atoms with E-state index in [1.54, 1.807) is 12.4 Å². The van der Waals surface area contributed by atoms with Crippen LogP contribution in [0.25, 0.3) is 0 Å². The number of aryl methyl sites for hydroxylation is 1. The van der Waals surface area contributed by atoms with Crippen molar-refractivity contribution in [3.63, 3.8) is 0 Å². The van der Waals surface area contributed by atoms with E-state index in [4.69, 9.17) is 0 Å². The monoisotopic (exact) mass is 299 g/mol. The Morgan fingerprint density at radius 1 is 1.29 bits per heavy atom. The number of thioether (sulfide) groups is 1. The number of nitrogens with one attached hydrogen (secondary N) is 1. The van der Waals surface area contributed by atoms with Gasteiger partial charge in [0.1, 0.15) is 0 Å². The highest BCUT2D eigenvalue weighted by Gasteiger charge is 2.45. The summed E-state index contributed by atoms with van der Waals surface area (Å²) < 4.78 is 0. The van der Waals surface area contributed by atoms with E-state index in [1.807, 2.05) is 12.3 Å². The average Bonchev–Trinajstić information content (AvgIpc) is 3.28. The quantitative estimate of drug-likeness (QED) is 0.696. The molecule has 0 atom stereocenters. The van der Waals surface area contributed by atoms with Gasteiger partial charge < -0.3 is 5.32 Å². The normalized spacial score (nSPS) is 15.5. The molecule has 1 aliphatic carbocycles. The molecule has 2 aromatic rings. The molecule has 108 valence electrons. The Balaban J connectivity index is 1.77. The van der Waals surface area contributed by atoms with Gasteiger partial charge in [-0.1, -0.05) is 41.6 Å². The van der Waals surface area contributed by atoms with Crippen LogP contribution in [0, 0.1) is 6.92 Å². The summed E-state index contributed by atoms with van der Waals surface area (Å²) in [6.07, 6.45) is 7.03. The molecular formula is C16H17N3OS. The summed E-state index contributed by atoms with van der Waals surface area (Å²) in [6.45, 7) is 2.07. The van der Waals surface area contributed by atoms with Crippen LogP contribution in [0.3, 0.4) is 0 Å². The Kier molecular flexibility index (Phi) is 3.68. The third-order valence-corrected chi connectivity index (χ3v) is 4.32. The van der Waals surface area contributed by atoms with E-state index in [1.165, 1.54) is 22.9 Å². The molecule has 1 aromatic heterocycles. The van der Waals surface area contributed by atoms with Gasteiger partial charge in [-0.25, -0.2) is 9.97 Å². The van der Waals surface area contributed by atoms with Gasteiger partial charge in [0.2, 0.25) is 0 Å². The molecule has 0 radical (unpaired) electrons. The molecule has 1 amide bonds. The lowest BCUT2D eigenvalue weighted by Crippen LogP contribution is -2.35. The molecule has 0 bridgehead atoms. The second kappa shape index (κ2) is 5.48. The Bertz CT molecular complexity index is 665. The summed E-state index contributed by atoms with van der Waals surface area (Å²) in [5.41, 5.74) is 2.69. The van der Waals surface area contributed by atoms with Crippen LogP contribution in [0.15, 0.2) is 41.8 Å². The topological polar surface area (TPSA) is 54.9 Å². The SMILES string of the molecule is CSc1ncc(C(=O)NC2(c3cccc(C)c3)CC2)cn1. The molecular weight excluding hydrogens is 282 g/mol. The van der Waals surface area contributed by atoms with E-state index in [0.717, 1.165) is 12.8 Å². The smallest absolute Gasteiger partial charge is 0.255 e. The number of carbonyl (C=O) groups excluding carboxylic acids is 1. The van der Waals surface area contributed by atoms with E-state index >= 15 is 0 Å². The van der Waals surface area contributed by atoms with Crippen molar-refractivity contribution in [1.82, 2.24) is 15.3 Å². The zero-order valence-electron chi connectivity index (χ0n) is 12.1. The van der Waals surface area contributed by atoms with Crippen molar-refractivity contribution >= 4 is 17.7 Å². The lowest BCUT2D eigenvalue weighted by Gasteiger charge is -2.18. The van der Waals surface area contributed by atoms with Crippen LogP contribution in [0.1, 0.15) is 34.3 Å². The van der Waals surface area contributed by atoms with Crippen LogP contribution in [-0.4, -0.2) is 22.1 Å². The number of carbonyl (C=O) groups is 1. The second-order valence-corrected chi connectivity index (χ2v) is 6.14. The molecule has 0 unspecified atom stereocenters. The number of amides is 1. The molecule has 0 saturated heterocycles. The van der Waals surface area contributed by atoms with Gasteiger partial charge in [-0.3, -0.25) is 4.79 Å². The molecule has 4 nitrogen and oxygen atoms in total. The average molecular weight is 299 g/mol. The molecule has 1 fully saturated rings. The summed E-state index contributed by atoms with van der Waals surface area (Å²) in [5.74, 6) is -0.110. The van der Waals surface area contributed by atoms with Gasteiger partial charge >= 0.3 is 0 Å². The van der Waals surface area contributed by atoms with Crippen LogP contribution in [-0.2, 0) is 5.54 Å². The lowest BCUT2D eigenvalue weighted by atomic mass is 10.0. The van der Waals surface area contributed by atoms with E-state index in [9.17, 15) is 4.79 Å². The molecule has 3 rings (SSSR count). The summed E-state index contributed by atoms with van der Waals surface area (Å²) in [6, 6.07) is 8.32. The molecule has 5 heteroatoms. The predicted molar refractivity (Wildman–Crippen MR) is 83.4 cm³/mol. The summed E-state index contributed by atoms with van der Waals surface area (Å²) >= 11 is 1.46. The Morgan fingerprint density at radius 2 is 2.00 bits per heavy atom. The first-order valence-electron chi connectivity index (χ1n) is 6.89. The van der Waals surface area contributed by atoms with Gasteiger partial charge in [0, 0.05) is 12.4 Å². The van der Waals surface area contributed by atoms with Crippen molar-refractivity contribution in [3.8, 4) is 0 Å². The van der Waals surface area contributed by atoms with Gasteiger partial charge in [-0.2, -0.15) is 0 Å². The minimum absolute atomic E-state index is 0.110. The largest absolute Gasteiger partial charge is 0.342 e. The van der Waals surface area contributed by atoms with Crippen molar-refractivity contribution in [2.24, 2.45) is 0 Å². The fraction of sp³-hybridized carbons (Fsp3) is 0.312. The maximum atomic E-state index is 12.4. The van der Waals surface area contributed by atoms with Crippen LogP contribution in [0.4, 0.5) is 0 Å². The summed E-state index contributed by atoms with van der Waals surface area (Å²) in [5, 5.41) is 3.81. The first kappa shape index (κ1) is 14.1. The van der Waals surface area contributed by atoms with Crippen molar-refractivity contribution in [2.45, 2.75) is 30.5 Å². The first-order valence-corrected chi connectivity index (χ1v) is 8.11. The van der Waals surface area contributed by atoms with Gasteiger partial charge in [0.15, 0.2) is 5.16 Å². The summed E-state index contributed by atoms with van der Waals surface area (Å²) in [7, 11) is 0. The molecule has 1 aliphatic rings. The highest BCUT2D eigenvalue weighted by atomic mass is 32.2. The Labute approximate surface area is 128 Å². The molecule has 1 saturated carbocycles. The standard InChI is InChI=1S/C16H17N3OS/c1-11-4-3-5-13(8-11)16(6-7-16)19-14(20)12-9-17-15(21-2)18-10-12/h3-5,8-10H,6-7H2,1-2H3,(H,19,20). The van der Waals surface area contributed by atoms with Gasteiger partial charge in [0.05, 0.1) is 11.1 Å². The van der Waals surface area contributed by atoms with E-state index in [-0.39, 0.29) is 11.4 Å². The van der Waals surface area contributed by atoms with Crippen molar-refractivity contribution in [1.29, 1.82) is 0 Å². The maximum absolute atomic E-state index is 12.4. The first-order chi connectivity index (χ1) is 10.1. The van der Waals surface area contributed by atoms with Gasteiger partial charge in [-0.05, 0) is 31.6 Å². The maximum Gasteiger partial charge on any atom is 0.255 e. The fourth-order valence-electron chi connectivity index (χ4n) is 2.38. The van der Waals surface area contributed by atoms with Crippen LogP contribution >= 0.6 is 11.8 Å². The molecule has 1 aromatic carbocycles. The number of nitrogens with zero attached hydrogens (tertiary/aromatic N) is 2. The van der Waals surface area contributed by atoms with E-state index in [2.05, 4.69) is 40.4 Å². The fourth-order valence-corrected chi connectivity index (χ4v) is 2.70. The molecule has 1 heterocycles. The van der Waals surface area contributed by atoms with Crippen LogP contribution < -0.4 is 5.32 Å². The zero-order valence-corrected chi connectivity index (χ0v) is 12.9. The van der Waals surface area contributed by atoms with Crippen molar-refractivity contribution in [3.05, 3.63) is 53.3 Å². The number of hydrogen-bond acceptors (Lipinski definition) is 4. The minimum Gasteiger partial charge on any atom is -0.342 e.